The molecule has 1 fully saturated rings. The normalized spacial score (nSPS) is 18.4. The van der Waals surface area contributed by atoms with Crippen molar-refractivity contribution < 1.29 is 9.53 Å². The van der Waals surface area contributed by atoms with Gasteiger partial charge in [0.1, 0.15) is 11.5 Å². The van der Waals surface area contributed by atoms with Crippen molar-refractivity contribution in [2.45, 2.75) is 11.7 Å². The number of anilines is 1. The summed E-state index contributed by atoms with van der Waals surface area (Å²) < 4.78 is 5.73. The van der Waals surface area contributed by atoms with E-state index in [2.05, 4.69) is 12.6 Å². The zero-order valence-corrected chi connectivity index (χ0v) is 11.8. The van der Waals surface area contributed by atoms with Gasteiger partial charge in [0.05, 0.1) is 0 Å². The van der Waals surface area contributed by atoms with E-state index in [9.17, 15) is 4.79 Å². The molecule has 3 rings (SSSR count). The third-order valence-corrected chi connectivity index (χ3v) is 3.58. The maximum absolute atomic E-state index is 11.8. The first-order chi connectivity index (χ1) is 9.72. The Hall–Kier alpha value is -1.94. The van der Waals surface area contributed by atoms with Gasteiger partial charge in [-0.05, 0) is 36.4 Å². The van der Waals surface area contributed by atoms with Crippen molar-refractivity contribution in [1.82, 2.24) is 0 Å². The molecule has 1 unspecified atom stereocenters. The molecule has 0 N–H and O–H groups in total. The van der Waals surface area contributed by atoms with Crippen molar-refractivity contribution in [3.63, 3.8) is 0 Å². The van der Waals surface area contributed by atoms with Gasteiger partial charge in [-0.25, -0.2) is 0 Å². The van der Waals surface area contributed by atoms with Crippen LogP contribution in [0.3, 0.4) is 0 Å². The Balaban J connectivity index is 1.73. The first-order valence-corrected chi connectivity index (χ1v) is 7.05. The highest BCUT2D eigenvalue weighted by atomic mass is 32.1. The molecule has 3 nitrogen and oxygen atoms in total. The molecule has 102 valence electrons. The lowest BCUT2D eigenvalue weighted by Gasteiger charge is -2.16. The zero-order valence-electron chi connectivity index (χ0n) is 10.9. The van der Waals surface area contributed by atoms with Gasteiger partial charge in [-0.2, -0.15) is 12.6 Å². The smallest absolute Gasteiger partial charge is 0.228 e. The first kappa shape index (κ1) is 13.1. The van der Waals surface area contributed by atoms with Crippen LogP contribution in [0.25, 0.3) is 0 Å². The number of nitrogens with zero attached hydrogens (tertiary/aromatic N) is 1. The van der Waals surface area contributed by atoms with Gasteiger partial charge in [0.25, 0.3) is 0 Å². The summed E-state index contributed by atoms with van der Waals surface area (Å²) in [6.07, 6.45) is 0.505. The number of para-hydroxylation sites is 1. The van der Waals surface area contributed by atoms with Gasteiger partial charge < -0.3 is 9.64 Å². The van der Waals surface area contributed by atoms with Crippen molar-refractivity contribution in [2.75, 3.05) is 11.4 Å². The number of hydrogen-bond acceptors (Lipinski definition) is 3. The highest BCUT2D eigenvalue weighted by molar-refractivity contribution is 7.81. The molecule has 1 saturated heterocycles. The number of hydrogen-bond donors (Lipinski definition) is 1. The summed E-state index contributed by atoms with van der Waals surface area (Å²) >= 11 is 4.36. The SMILES string of the molecule is O=C1CC(S)CN1c1ccc(Oc2ccccc2)cc1. The fourth-order valence-corrected chi connectivity index (χ4v) is 2.58. The van der Waals surface area contributed by atoms with Crippen LogP contribution in [0.2, 0.25) is 0 Å². The minimum Gasteiger partial charge on any atom is -0.457 e. The van der Waals surface area contributed by atoms with E-state index in [0.29, 0.717) is 13.0 Å². The number of amides is 1. The molecule has 1 amide bonds. The van der Waals surface area contributed by atoms with E-state index in [1.807, 2.05) is 54.6 Å². The Morgan fingerprint density at radius 2 is 1.65 bits per heavy atom. The van der Waals surface area contributed by atoms with Crippen molar-refractivity contribution in [1.29, 1.82) is 0 Å². The second-order valence-corrected chi connectivity index (χ2v) is 5.50. The van der Waals surface area contributed by atoms with E-state index in [4.69, 9.17) is 4.74 Å². The van der Waals surface area contributed by atoms with Crippen molar-refractivity contribution in [3.05, 3.63) is 54.6 Å². The summed E-state index contributed by atoms with van der Waals surface area (Å²) in [5, 5.41) is 0.128. The summed E-state index contributed by atoms with van der Waals surface area (Å²) in [7, 11) is 0. The van der Waals surface area contributed by atoms with E-state index < -0.39 is 0 Å². The van der Waals surface area contributed by atoms with Gasteiger partial charge in [0.15, 0.2) is 0 Å². The van der Waals surface area contributed by atoms with Gasteiger partial charge in [0, 0.05) is 23.9 Å². The van der Waals surface area contributed by atoms with Crippen LogP contribution in [0.5, 0.6) is 11.5 Å². The van der Waals surface area contributed by atoms with Crippen molar-refractivity contribution in [3.8, 4) is 11.5 Å². The summed E-state index contributed by atoms with van der Waals surface area (Å²) in [6, 6.07) is 17.2. The average Bonchev–Trinajstić information content (AvgIpc) is 2.80. The van der Waals surface area contributed by atoms with Crippen LogP contribution in [0.1, 0.15) is 6.42 Å². The van der Waals surface area contributed by atoms with Crippen LogP contribution < -0.4 is 9.64 Å². The van der Waals surface area contributed by atoms with Crippen molar-refractivity contribution in [2.24, 2.45) is 0 Å². The van der Waals surface area contributed by atoms with Crippen LogP contribution in [0, 0.1) is 0 Å². The van der Waals surface area contributed by atoms with E-state index in [1.54, 1.807) is 4.90 Å². The highest BCUT2D eigenvalue weighted by Crippen LogP contribution is 2.27. The molecule has 0 aliphatic carbocycles. The Morgan fingerprint density at radius 3 is 2.25 bits per heavy atom. The maximum Gasteiger partial charge on any atom is 0.228 e. The molecule has 20 heavy (non-hydrogen) atoms. The molecule has 1 aliphatic heterocycles. The van der Waals surface area contributed by atoms with Gasteiger partial charge in [0.2, 0.25) is 5.91 Å². The summed E-state index contributed by atoms with van der Waals surface area (Å²) in [4.78, 5) is 13.6. The molecule has 1 aliphatic rings. The highest BCUT2D eigenvalue weighted by Gasteiger charge is 2.28. The standard InChI is InChI=1S/C16H15NO2S/c18-16-10-15(20)11-17(16)12-6-8-14(9-7-12)19-13-4-2-1-3-5-13/h1-9,15,20H,10-11H2. The van der Waals surface area contributed by atoms with Gasteiger partial charge in [-0.1, -0.05) is 18.2 Å². The lowest BCUT2D eigenvalue weighted by Crippen LogP contribution is -2.24. The number of ether oxygens (including phenoxy) is 1. The largest absolute Gasteiger partial charge is 0.457 e. The topological polar surface area (TPSA) is 29.5 Å². The van der Waals surface area contributed by atoms with Crippen LogP contribution in [-0.2, 0) is 4.79 Å². The molecule has 2 aromatic carbocycles. The zero-order chi connectivity index (χ0) is 13.9. The monoisotopic (exact) mass is 285 g/mol. The molecule has 1 heterocycles. The van der Waals surface area contributed by atoms with Crippen LogP contribution in [0.15, 0.2) is 54.6 Å². The summed E-state index contributed by atoms with van der Waals surface area (Å²) in [5.41, 5.74) is 0.895. The first-order valence-electron chi connectivity index (χ1n) is 6.54. The Morgan fingerprint density at radius 1 is 1.00 bits per heavy atom. The number of benzene rings is 2. The van der Waals surface area contributed by atoms with Crippen molar-refractivity contribution >= 4 is 24.2 Å². The van der Waals surface area contributed by atoms with E-state index in [-0.39, 0.29) is 11.2 Å². The van der Waals surface area contributed by atoms with Gasteiger partial charge >= 0.3 is 0 Å². The quantitative estimate of drug-likeness (QED) is 0.874. The summed E-state index contributed by atoms with van der Waals surface area (Å²) in [5.74, 6) is 1.68. The van der Waals surface area contributed by atoms with E-state index >= 15 is 0 Å². The molecule has 1 atom stereocenters. The minimum atomic E-state index is 0.127. The van der Waals surface area contributed by atoms with Gasteiger partial charge in [-0.15, -0.1) is 0 Å². The third kappa shape index (κ3) is 2.80. The molecule has 4 heteroatoms. The summed E-state index contributed by atoms with van der Waals surface area (Å²) in [6.45, 7) is 0.667. The van der Waals surface area contributed by atoms with Crippen LogP contribution in [-0.4, -0.2) is 17.7 Å². The second-order valence-electron chi connectivity index (χ2n) is 4.77. The molecular weight excluding hydrogens is 270 g/mol. The maximum atomic E-state index is 11.8. The fraction of sp³-hybridized carbons (Fsp3) is 0.188. The number of carbonyl (C=O) groups is 1. The van der Waals surface area contributed by atoms with Crippen LogP contribution in [0.4, 0.5) is 5.69 Å². The predicted molar refractivity (Wildman–Crippen MR) is 82.7 cm³/mol. The van der Waals surface area contributed by atoms with Crippen LogP contribution >= 0.6 is 12.6 Å². The van der Waals surface area contributed by atoms with Gasteiger partial charge in [-0.3, -0.25) is 4.79 Å². The molecule has 2 aromatic rings. The van der Waals surface area contributed by atoms with E-state index in [0.717, 1.165) is 17.2 Å². The molecular formula is C16H15NO2S. The molecule has 0 radical (unpaired) electrons. The lowest BCUT2D eigenvalue weighted by atomic mass is 10.2. The van der Waals surface area contributed by atoms with E-state index in [1.165, 1.54) is 0 Å². The lowest BCUT2D eigenvalue weighted by molar-refractivity contribution is -0.117. The number of thiol groups is 1. The fourth-order valence-electron chi connectivity index (χ4n) is 2.26. The number of carbonyl (C=O) groups excluding carboxylic acids is 1. The number of rotatable bonds is 3. The molecule has 0 saturated carbocycles. The second kappa shape index (κ2) is 5.59. The Labute approximate surface area is 123 Å². The molecule has 0 aromatic heterocycles. The minimum absolute atomic E-state index is 0.127. The Bertz CT molecular complexity index is 598. The molecule has 0 spiro atoms. The predicted octanol–water partition coefficient (Wildman–Crippen LogP) is 3.51. The third-order valence-electron chi connectivity index (χ3n) is 3.23. The Kier molecular flexibility index (Phi) is 3.65. The average molecular weight is 285 g/mol. The molecule has 0 bridgehead atoms.